The molecule has 0 heterocycles. The normalized spacial score (nSPS) is 12.5. The number of hydrogen-bond acceptors (Lipinski definition) is 3. The highest BCUT2D eigenvalue weighted by molar-refractivity contribution is 6.32. The first-order valence-corrected chi connectivity index (χ1v) is 4.21. The summed E-state index contributed by atoms with van der Waals surface area (Å²) in [4.78, 5) is 10.5. The van der Waals surface area contributed by atoms with Gasteiger partial charge in [0, 0.05) is 0 Å². The zero-order chi connectivity index (χ0) is 10.9. The van der Waals surface area contributed by atoms with Crippen molar-refractivity contribution in [3.63, 3.8) is 0 Å². The highest BCUT2D eigenvalue weighted by Gasteiger charge is 2.18. The van der Waals surface area contributed by atoms with E-state index in [-0.39, 0.29) is 16.3 Å². The van der Waals surface area contributed by atoms with Gasteiger partial charge in [-0.2, -0.15) is 0 Å². The summed E-state index contributed by atoms with van der Waals surface area (Å²) in [7, 11) is 0. The molecule has 1 atom stereocenters. The summed E-state index contributed by atoms with van der Waals surface area (Å²) in [6, 6.07) is 2.60. The molecule has 0 fully saturated rings. The second-order valence-electron chi connectivity index (χ2n) is 2.91. The van der Waals surface area contributed by atoms with Crippen LogP contribution in [-0.4, -0.2) is 21.3 Å². The lowest BCUT2D eigenvalue weighted by atomic mass is 10.1. The summed E-state index contributed by atoms with van der Waals surface area (Å²) in [6.07, 6.45) is -1.62. The quantitative estimate of drug-likeness (QED) is 0.700. The number of rotatable bonds is 2. The predicted molar refractivity (Wildman–Crippen MR) is 50.4 cm³/mol. The van der Waals surface area contributed by atoms with Gasteiger partial charge in [0.1, 0.15) is 5.75 Å². The second kappa shape index (κ2) is 3.86. The van der Waals surface area contributed by atoms with Gasteiger partial charge in [0.2, 0.25) is 0 Å². The van der Waals surface area contributed by atoms with E-state index in [1.54, 1.807) is 6.92 Å². The Balaban J connectivity index is 3.19. The average molecular weight is 217 g/mol. The highest BCUT2D eigenvalue weighted by atomic mass is 35.5. The molecule has 3 N–H and O–H groups in total. The van der Waals surface area contributed by atoms with Crippen LogP contribution in [0, 0.1) is 6.92 Å². The molecule has 1 aromatic carbocycles. The van der Waals surface area contributed by atoms with E-state index in [1.165, 1.54) is 12.1 Å². The maximum absolute atomic E-state index is 10.5. The third-order valence-corrected chi connectivity index (χ3v) is 2.11. The fourth-order valence-electron chi connectivity index (χ4n) is 1.06. The number of hydrogen-bond donors (Lipinski definition) is 3. The van der Waals surface area contributed by atoms with Gasteiger partial charge < -0.3 is 15.3 Å². The Kier molecular flexibility index (Phi) is 2.98. The van der Waals surface area contributed by atoms with Crippen molar-refractivity contribution in [3.05, 3.63) is 28.3 Å². The van der Waals surface area contributed by atoms with E-state index in [4.69, 9.17) is 16.7 Å². The standard InChI is InChI=1S/C9H9ClO4/c1-4-2-5(8(12)9(13)14)3-6(10)7(4)11/h2-3,8,11-12H,1H3,(H,13,14). The molecular weight excluding hydrogens is 208 g/mol. The van der Waals surface area contributed by atoms with Gasteiger partial charge in [0.05, 0.1) is 5.02 Å². The molecule has 0 aliphatic rings. The van der Waals surface area contributed by atoms with Crippen molar-refractivity contribution in [2.24, 2.45) is 0 Å². The van der Waals surface area contributed by atoms with Gasteiger partial charge in [-0.05, 0) is 30.2 Å². The Hall–Kier alpha value is -1.26. The lowest BCUT2D eigenvalue weighted by Crippen LogP contribution is -2.10. The van der Waals surface area contributed by atoms with Crippen molar-refractivity contribution < 1.29 is 20.1 Å². The van der Waals surface area contributed by atoms with Gasteiger partial charge in [0.25, 0.3) is 0 Å². The number of phenolic OH excluding ortho intramolecular Hbond substituents is 1. The Labute approximate surface area is 85.4 Å². The maximum atomic E-state index is 10.5. The van der Waals surface area contributed by atoms with E-state index in [0.29, 0.717) is 5.56 Å². The van der Waals surface area contributed by atoms with Gasteiger partial charge in [-0.1, -0.05) is 11.6 Å². The van der Waals surface area contributed by atoms with E-state index >= 15 is 0 Å². The molecule has 0 saturated heterocycles. The molecule has 76 valence electrons. The van der Waals surface area contributed by atoms with Gasteiger partial charge >= 0.3 is 5.97 Å². The van der Waals surface area contributed by atoms with Crippen LogP contribution in [0.1, 0.15) is 17.2 Å². The van der Waals surface area contributed by atoms with E-state index in [9.17, 15) is 15.0 Å². The summed E-state index contributed by atoms with van der Waals surface area (Å²) >= 11 is 5.61. The molecule has 0 bridgehead atoms. The van der Waals surface area contributed by atoms with Crippen molar-refractivity contribution in [2.75, 3.05) is 0 Å². The first-order chi connectivity index (χ1) is 6.43. The summed E-state index contributed by atoms with van der Waals surface area (Å²) in [5.74, 6) is -1.46. The molecule has 5 heteroatoms. The number of carboxylic acids is 1. The lowest BCUT2D eigenvalue weighted by Gasteiger charge is -2.09. The minimum atomic E-state index is -1.62. The number of halogens is 1. The number of aromatic hydroxyl groups is 1. The molecule has 1 rings (SSSR count). The van der Waals surface area contributed by atoms with Crippen LogP contribution >= 0.6 is 11.6 Å². The molecule has 4 nitrogen and oxygen atoms in total. The third kappa shape index (κ3) is 1.97. The van der Waals surface area contributed by atoms with Crippen LogP contribution in [0.15, 0.2) is 12.1 Å². The van der Waals surface area contributed by atoms with Crippen LogP contribution in [0.2, 0.25) is 5.02 Å². The van der Waals surface area contributed by atoms with E-state index in [2.05, 4.69) is 0 Å². The van der Waals surface area contributed by atoms with Crippen LogP contribution in [0.4, 0.5) is 0 Å². The van der Waals surface area contributed by atoms with Crippen LogP contribution in [0.5, 0.6) is 5.75 Å². The van der Waals surface area contributed by atoms with Crippen molar-refractivity contribution in [3.8, 4) is 5.75 Å². The van der Waals surface area contributed by atoms with E-state index < -0.39 is 12.1 Å². The monoisotopic (exact) mass is 216 g/mol. The molecule has 0 saturated carbocycles. The summed E-state index contributed by atoms with van der Waals surface area (Å²) < 4.78 is 0. The number of aryl methyl sites for hydroxylation is 1. The fourth-order valence-corrected chi connectivity index (χ4v) is 1.34. The zero-order valence-corrected chi connectivity index (χ0v) is 8.12. The fraction of sp³-hybridized carbons (Fsp3) is 0.222. The van der Waals surface area contributed by atoms with E-state index in [1.807, 2.05) is 0 Å². The molecule has 0 aliphatic carbocycles. The van der Waals surface area contributed by atoms with Crippen molar-refractivity contribution >= 4 is 17.6 Å². The smallest absolute Gasteiger partial charge is 0.337 e. The molecule has 14 heavy (non-hydrogen) atoms. The average Bonchev–Trinajstić information content (AvgIpc) is 2.12. The SMILES string of the molecule is Cc1cc(C(O)C(=O)O)cc(Cl)c1O. The van der Waals surface area contributed by atoms with Crippen molar-refractivity contribution in [1.82, 2.24) is 0 Å². The second-order valence-corrected chi connectivity index (χ2v) is 3.32. The Morgan fingerprint density at radius 2 is 2.07 bits per heavy atom. The number of carbonyl (C=O) groups is 1. The first kappa shape index (κ1) is 10.8. The van der Waals surface area contributed by atoms with Crippen molar-refractivity contribution in [1.29, 1.82) is 0 Å². The van der Waals surface area contributed by atoms with E-state index in [0.717, 1.165) is 0 Å². The zero-order valence-electron chi connectivity index (χ0n) is 7.36. The Morgan fingerprint density at radius 3 is 2.50 bits per heavy atom. The molecule has 1 aromatic rings. The topological polar surface area (TPSA) is 77.8 Å². The molecule has 0 spiro atoms. The molecule has 0 aliphatic heterocycles. The Bertz CT molecular complexity index is 352. The lowest BCUT2D eigenvalue weighted by molar-refractivity contribution is -0.146. The first-order valence-electron chi connectivity index (χ1n) is 3.83. The Morgan fingerprint density at radius 1 is 1.50 bits per heavy atom. The number of aliphatic hydroxyl groups excluding tert-OH is 1. The summed E-state index contributed by atoms with van der Waals surface area (Å²) in [6.45, 7) is 1.57. The number of aliphatic hydroxyl groups is 1. The summed E-state index contributed by atoms with van der Waals surface area (Å²) in [5.41, 5.74) is 0.575. The molecular formula is C9H9ClO4. The summed E-state index contributed by atoms with van der Waals surface area (Å²) in [5, 5.41) is 27.0. The van der Waals surface area contributed by atoms with Gasteiger partial charge in [-0.25, -0.2) is 4.79 Å². The number of carboxylic acid groups (broad SMARTS) is 1. The number of aliphatic carboxylic acids is 1. The van der Waals surface area contributed by atoms with Crippen LogP contribution < -0.4 is 0 Å². The minimum Gasteiger partial charge on any atom is -0.506 e. The highest BCUT2D eigenvalue weighted by Crippen LogP contribution is 2.30. The van der Waals surface area contributed by atoms with Gasteiger partial charge in [-0.15, -0.1) is 0 Å². The third-order valence-electron chi connectivity index (χ3n) is 1.83. The van der Waals surface area contributed by atoms with Crippen molar-refractivity contribution in [2.45, 2.75) is 13.0 Å². The molecule has 0 radical (unpaired) electrons. The van der Waals surface area contributed by atoms with Gasteiger partial charge in [-0.3, -0.25) is 0 Å². The van der Waals surface area contributed by atoms with Crippen LogP contribution in [-0.2, 0) is 4.79 Å². The molecule has 0 amide bonds. The predicted octanol–water partition coefficient (Wildman–Crippen LogP) is 1.47. The van der Waals surface area contributed by atoms with Crippen LogP contribution in [0.3, 0.4) is 0 Å². The van der Waals surface area contributed by atoms with Crippen LogP contribution in [0.25, 0.3) is 0 Å². The van der Waals surface area contributed by atoms with Gasteiger partial charge in [0.15, 0.2) is 6.10 Å². The number of benzene rings is 1. The molecule has 0 aromatic heterocycles. The number of phenols is 1. The minimum absolute atomic E-state index is 0.0281. The molecule has 1 unspecified atom stereocenters. The largest absolute Gasteiger partial charge is 0.506 e. The maximum Gasteiger partial charge on any atom is 0.337 e.